The first-order chi connectivity index (χ1) is 13.2. The van der Waals surface area contributed by atoms with E-state index in [1.165, 1.54) is 68.2 Å². The van der Waals surface area contributed by atoms with Crippen LogP contribution in [0.1, 0.15) is 91.9 Å². The topological polar surface area (TPSA) is 50.4 Å². The van der Waals surface area contributed by atoms with E-state index in [1.54, 1.807) is 11.3 Å². The largest absolute Gasteiger partial charge is 0.462 e. The third-order valence-corrected chi connectivity index (χ3v) is 7.00. The van der Waals surface area contributed by atoms with E-state index >= 15 is 0 Å². The van der Waals surface area contributed by atoms with E-state index in [0.717, 1.165) is 29.8 Å². The Labute approximate surface area is 172 Å². The Morgan fingerprint density at radius 3 is 2.48 bits per heavy atom. The lowest BCUT2D eigenvalue weighted by atomic mass is 9.97. The van der Waals surface area contributed by atoms with Crippen molar-refractivity contribution in [3.8, 4) is 0 Å². The number of aryl methyl sites for hydroxylation is 1. The van der Waals surface area contributed by atoms with Gasteiger partial charge in [-0.05, 0) is 63.2 Å². The molecule has 0 aromatic carbocycles. The fourth-order valence-electron chi connectivity index (χ4n) is 4.17. The smallest absolute Gasteiger partial charge is 0.341 e. The molecule has 0 atom stereocenters. The fraction of sp³-hybridized carbons (Fsp3) is 0.714. The zero-order valence-electron chi connectivity index (χ0n) is 16.4. The molecule has 0 spiro atoms. The van der Waals surface area contributed by atoms with Crippen molar-refractivity contribution >= 4 is 39.6 Å². The molecule has 2 aliphatic rings. The summed E-state index contributed by atoms with van der Waals surface area (Å²) >= 11 is 7.29. The number of fused-ring (bicyclic) bond motifs is 1. The minimum Gasteiger partial charge on any atom is -0.462 e. The summed E-state index contributed by atoms with van der Waals surface area (Å²) in [5.41, 5.74) is 1.91. The van der Waals surface area contributed by atoms with Crippen LogP contribution < -0.4 is 10.6 Å². The van der Waals surface area contributed by atoms with Crippen molar-refractivity contribution < 1.29 is 9.53 Å². The van der Waals surface area contributed by atoms with Gasteiger partial charge in [0.2, 0.25) is 0 Å². The minimum atomic E-state index is -0.215. The summed E-state index contributed by atoms with van der Waals surface area (Å²) in [6.07, 6.45) is 14.5. The van der Waals surface area contributed by atoms with Gasteiger partial charge in [-0.25, -0.2) is 4.79 Å². The van der Waals surface area contributed by atoms with Crippen LogP contribution in [0.5, 0.6) is 0 Å². The number of anilines is 1. The molecule has 0 saturated heterocycles. The molecule has 0 aliphatic heterocycles. The van der Waals surface area contributed by atoms with E-state index in [4.69, 9.17) is 17.0 Å². The molecule has 1 saturated carbocycles. The highest BCUT2D eigenvalue weighted by atomic mass is 32.1. The van der Waals surface area contributed by atoms with Crippen molar-refractivity contribution in [1.82, 2.24) is 5.32 Å². The number of rotatable bonds is 4. The highest BCUT2D eigenvalue weighted by molar-refractivity contribution is 7.80. The van der Waals surface area contributed by atoms with Crippen LogP contribution in [0.3, 0.4) is 0 Å². The Morgan fingerprint density at radius 1 is 1.07 bits per heavy atom. The van der Waals surface area contributed by atoms with Gasteiger partial charge in [-0.2, -0.15) is 0 Å². The molecule has 0 amide bonds. The van der Waals surface area contributed by atoms with E-state index in [2.05, 4.69) is 10.6 Å². The quantitative estimate of drug-likeness (QED) is 0.386. The fourth-order valence-corrected chi connectivity index (χ4v) is 5.79. The summed E-state index contributed by atoms with van der Waals surface area (Å²) in [4.78, 5) is 14.0. The van der Waals surface area contributed by atoms with Crippen LogP contribution in [-0.2, 0) is 17.6 Å². The predicted octanol–water partition coefficient (Wildman–Crippen LogP) is 5.59. The summed E-state index contributed by atoms with van der Waals surface area (Å²) in [5, 5.41) is 8.36. The van der Waals surface area contributed by atoms with Crippen molar-refractivity contribution in [1.29, 1.82) is 0 Å². The summed E-state index contributed by atoms with van der Waals surface area (Å²) < 4.78 is 5.36. The molecule has 1 fully saturated rings. The maximum Gasteiger partial charge on any atom is 0.341 e. The number of hydrogen-bond acceptors (Lipinski definition) is 4. The van der Waals surface area contributed by atoms with Gasteiger partial charge in [-0.15, -0.1) is 11.3 Å². The number of carbonyl (C=O) groups is 1. The molecule has 6 heteroatoms. The number of thiophene rings is 1. The Balaban J connectivity index is 1.72. The minimum absolute atomic E-state index is 0.215. The number of esters is 1. The first-order valence-electron chi connectivity index (χ1n) is 10.6. The first kappa shape index (κ1) is 20.6. The highest BCUT2D eigenvalue weighted by Crippen LogP contribution is 2.38. The molecule has 2 N–H and O–H groups in total. The molecule has 3 rings (SSSR count). The summed E-state index contributed by atoms with van der Waals surface area (Å²) in [6, 6.07) is 0.439. The van der Waals surface area contributed by atoms with Gasteiger partial charge in [-0.3, -0.25) is 0 Å². The zero-order valence-corrected chi connectivity index (χ0v) is 18.0. The Hall–Kier alpha value is -1.14. The van der Waals surface area contributed by atoms with Gasteiger partial charge in [-0.1, -0.05) is 38.5 Å². The van der Waals surface area contributed by atoms with Gasteiger partial charge < -0.3 is 15.4 Å². The van der Waals surface area contributed by atoms with Crippen LogP contribution in [0, 0.1) is 0 Å². The van der Waals surface area contributed by atoms with E-state index < -0.39 is 0 Å². The monoisotopic (exact) mass is 408 g/mol. The van der Waals surface area contributed by atoms with Crippen LogP contribution in [0.15, 0.2) is 0 Å². The molecule has 1 heterocycles. The van der Waals surface area contributed by atoms with Gasteiger partial charge >= 0.3 is 5.97 Å². The van der Waals surface area contributed by atoms with Crippen molar-refractivity contribution in [3.05, 3.63) is 16.0 Å². The number of thiocarbonyl (C=S) groups is 1. The Morgan fingerprint density at radius 2 is 1.74 bits per heavy atom. The van der Waals surface area contributed by atoms with Gasteiger partial charge in [0.25, 0.3) is 0 Å². The molecule has 0 unspecified atom stereocenters. The van der Waals surface area contributed by atoms with Crippen LogP contribution in [-0.4, -0.2) is 23.7 Å². The van der Waals surface area contributed by atoms with E-state index in [9.17, 15) is 4.79 Å². The van der Waals surface area contributed by atoms with Crippen molar-refractivity contribution in [2.75, 3.05) is 11.9 Å². The van der Waals surface area contributed by atoms with Gasteiger partial charge in [0.1, 0.15) is 5.00 Å². The highest BCUT2D eigenvalue weighted by Gasteiger charge is 2.26. The number of carbonyl (C=O) groups excluding carboxylic acids is 1. The second kappa shape index (κ2) is 10.4. The average Bonchev–Trinajstić information content (AvgIpc) is 2.78. The van der Waals surface area contributed by atoms with Crippen molar-refractivity contribution in [3.63, 3.8) is 0 Å². The molecular weight excluding hydrogens is 376 g/mol. The average molecular weight is 409 g/mol. The molecule has 150 valence electrons. The second-order valence-corrected chi connectivity index (χ2v) is 9.14. The second-order valence-electron chi connectivity index (χ2n) is 7.63. The number of ether oxygens (including phenoxy) is 1. The molecule has 2 aliphatic carbocycles. The van der Waals surface area contributed by atoms with Crippen molar-refractivity contribution in [2.45, 2.75) is 90.0 Å². The van der Waals surface area contributed by atoms with Gasteiger partial charge in [0, 0.05) is 10.9 Å². The molecule has 1 aromatic heterocycles. The SMILES string of the molecule is CCOC(=O)c1c(NC(=S)NC2CCCCCCC2)sc2c1CCCCC2. The van der Waals surface area contributed by atoms with Crippen LogP contribution in [0.2, 0.25) is 0 Å². The molecular formula is C21H32N2O2S2. The molecule has 1 aromatic rings. The standard InChI is InChI=1S/C21H32N2O2S2/c1-2-25-20(24)18-16-13-9-6-10-14-17(16)27-19(18)23-21(26)22-15-11-7-4-3-5-8-12-15/h15H,2-14H2,1H3,(H2,22,23,26). The van der Waals surface area contributed by atoms with Crippen LogP contribution >= 0.6 is 23.6 Å². The lowest BCUT2D eigenvalue weighted by molar-refractivity contribution is 0.0527. The van der Waals surface area contributed by atoms with Gasteiger partial charge in [0.15, 0.2) is 5.11 Å². The van der Waals surface area contributed by atoms with Gasteiger partial charge in [0.05, 0.1) is 12.2 Å². The maximum atomic E-state index is 12.6. The molecule has 0 radical (unpaired) electrons. The number of nitrogens with one attached hydrogen (secondary N) is 2. The summed E-state index contributed by atoms with van der Waals surface area (Å²) in [5.74, 6) is -0.215. The van der Waals surface area contributed by atoms with Crippen molar-refractivity contribution in [2.24, 2.45) is 0 Å². The Kier molecular flexibility index (Phi) is 7.94. The van der Waals surface area contributed by atoms with Crippen LogP contribution in [0.4, 0.5) is 5.00 Å². The molecule has 4 nitrogen and oxygen atoms in total. The normalized spacial score (nSPS) is 18.6. The summed E-state index contributed by atoms with van der Waals surface area (Å²) in [7, 11) is 0. The Bertz CT molecular complexity index is 649. The third kappa shape index (κ3) is 5.67. The summed E-state index contributed by atoms with van der Waals surface area (Å²) in [6.45, 7) is 2.25. The predicted molar refractivity (Wildman–Crippen MR) is 117 cm³/mol. The third-order valence-electron chi connectivity index (χ3n) is 5.57. The van der Waals surface area contributed by atoms with E-state index in [0.29, 0.717) is 17.8 Å². The molecule has 0 bridgehead atoms. The zero-order chi connectivity index (χ0) is 19.1. The first-order valence-corrected chi connectivity index (χ1v) is 11.8. The van der Waals surface area contributed by atoms with Crippen LogP contribution in [0.25, 0.3) is 0 Å². The lowest BCUT2D eigenvalue weighted by Gasteiger charge is -2.22. The lowest BCUT2D eigenvalue weighted by Crippen LogP contribution is -2.38. The molecule has 27 heavy (non-hydrogen) atoms. The van der Waals surface area contributed by atoms with E-state index in [-0.39, 0.29) is 5.97 Å². The maximum absolute atomic E-state index is 12.6. The van der Waals surface area contributed by atoms with E-state index in [1.807, 2.05) is 6.92 Å². The number of hydrogen-bond donors (Lipinski definition) is 2.